The first-order valence-electron chi connectivity index (χ1n) is 12.2. The van der Waals surface area contributed by atoms with Gasteiger partial charge in [0, 0.05) is 49.9 Å². The van der Waals surface area contributed by atoms with Crippen LogP contribution in [0.5, 0.6) is 0 Å². The molecule has 1 aliphatic carbocycles. The molecule has 2 saturated heterocycles. The van der Waals surface area contributed by atoms with Crippen LogP contribution in [0.1, 0.15) is 44.1 Å². The number of halogens is 2. The van der Waals surface area contributed by atoms with Gasteiger partial charge in [-0.2, -0.15) is 0 Å². The number of Topliss-reactive ketones (excluding diaryl/α,β-unsaturated/α-hetero) is 1. The number of nitrogens with zero attached hydrogens (tertiary/aromatic N) is 4. The summed E-state index contributed by atoms with van der Waals surface area (Å²) in [6, 6.07) is 6.89. The van der Waals surface area contributed by atoms with Crippen molar-refractivity contribution in [2.75, 3.05) is 38.0 Å². The number of nitrogens with one attached hydrogen (secondary N) is 1. The summed E-state index contributed by atoms with van der Waals surface area (Å²) in [5, 5.41) is 4.15. The highest BCUT2D eigenvalue weighted by Crippen LogP contribution is 2.35. The maximum Gasteiger partial charge on any atom is 0.261 e. The standard InChI is InChI=1S/C25H33F2N5O/c1-17-2-7-23-22(10-17)24(30-16-29-23)28-12-21(33)11-18-13-32(14-18)20-5-3-19(4-6-20)31-9-8-25(26,27)15-31/h2,7,10,16,18-20H,3-6,8-9,11-15H2,1H3,(H,28,29,30). The third-order valence-electron chi connectivity index (χ3n) is 7.64. The number of aryl methyl sites for hydroxylation is 1. The molecule has 0 bridgehead atoms. The van der Waals surface area contributed by atoms with Gasteiger partial charge in [0.2, 0.25) is 0 Å². The molecular formula is C25H33F2N5O. The number of fused-ring (bicyclic) bond motifs is 1. The van der Waals surface area contributed by atoms with Gasteiger partial charge in [0.15, 0.2) is 5.78 Å². The Labute approximate surface area is 193 Å². The molecule has 0 spiro atoms. The molecule has 0 unspecified atom stereocenters. The van der Waals surface area contributed by atoms with Gasteiger partial charge in [-0.05, 0) is 50.7 Å². The Morgan fingerprint density at radius 3 is 2.55 bits per heavy atom. The van der Waals surface area contributed by atoms with Gasteiger partial charge in [0.05, 0.1) is 18.6 Å². The Kier molecular flexibility index (Phi) is 6.31. The Morgan fingerprint density at radius 1 is 1.12 bits per heavy atom. The topological polar surface area (TPSA) is 61.4 Å². The number of benzene rings is 1. The van der Waals surface area contributed by atoms with Crippen LogP contribution in [0.25, 0.3) is 10.9 Å². The zero-order valence-corrected chi connectivity index (χ0v) is 19.3. The molecule has 5 rings (SSSR count). The fraction of sp³-hybridized carbons (Fsp3) is 0.640. The van der Waals surface area contributed by atoms with Crippen molar-refractivity contribution < 1.29 is 13.6 Å². The zero-order valence-electron chi connectivity index (χ0n) is 19.3. The number of alkyl halides is 2. The minimum Gasteiger partial charge on any atom is -0.362 e. The van der Waals surface area contributed by atoms with Crippen LogP contribution in [0.4, 0.5) is 14.6 Å². The number of ketones is 1. The SMILES string of the molecule is Cc1ccc2ncnc(NCC(=O)CC3CN(C4CCC(N5CCC(F)(F)C5)CC4)C3)c2c1. The first kappa shape index (κ1) is 22.6. The number of hydrogen-bond donors (Lipinski definition) is 1. The molecule has 6 nitrogen and oxygen atoms in total. The molecule has 8 heteroatoms. The third kappa shape index (κ3) is 5.17. The summed E-state index contributed by atoms with van der Waals surface area (Å²) < 4.78 is 27.0. The van der Waals surface area contributed by atoms with Gasteiger partial charge in [0.1, 0.15) is 12.1 Å². The summed E-state index contributed by atoms with van der Waals surface area (Å²) in [6.07, 6.45) is 6.30. The second kappa shape index (κ2) is 9.22. The number of likely N-dealkylation sites (tertiary alicyclic amines) is 2. The predicted molar refractivity (Wildman–Crippen MR) is 125 cm³/mol. The fourth-order valence-corrected chi connectivity index (χ4v) is 5.79. The number of aromatic nitrogens is 2. The maximum absolute atomic E-state index is 13.5. The van der Waals surface area contributed by atoms with Crippen molar-refractivity contribution >= 4 is 22.5 Å². The van der Waals surface area contributed by atoms with Crippen LogP contribution < -0.4 is 5.32 Å². The molecule has 1 aromatic carbocycles. The molecule has 0 radical (unpaired) electrons. The predicted octanol–water partition coefficient (Wildman–Crippen LogP) is 3.89. The maximum atomic E-state index is 13.5. The number of carbonyl (C=O) groups excluding carboxylic acids is 1. The van der Waals surface area contributed by atoms with E-state index in [1.165, 1.54) is 6.33 Å². The molecule has 3 aliphatic rings. The summed E-state index contributed by atoms with van der Waals surface area (Å²) >= 11 is 0. The first-order valence-corrected chi connectivity index (χ1v) is 12.2. The van der Waals surface area contributed by atoms with Crippen LogP contribution in [0.2, 0.25) is 0 Å². The lowest BCUT2D eigenvalue weighted by atomic mass is 9.85. The van der Waals surface area contributed by atoms with E-state index in [-0.39, 0.29) is 25.3 Å². The highest BCUT2D eigenvalue weighted by Gasteiger charge is 2.42. The van der Waals surface area contributed by atoms with Crippen molar-refractivity contribution in [3.63, 3.8) is 0 Å². The highest BCUT2D eigenvalue weighted by molar-refractivity contribution is 5.91. The quantitative estimate of drug-likeness (QED) is 0.681. The molecule has 1 aromatic heterocycles. The molecule has 2 aromatic rings. The van der Waals surface area contributed by atoms with E-state index in [0.29, 0.717) is 36.8 Å². The van der Waals surface area contributed by atoms with Crippen LogP contribution in [-0.4, -0.2) is 76.3 Å². The molecule has 1 saturated carbocycles. The van der Waals surface area contributed by atoms with E-state index in [0.717, 1.165) is 55.2 Å². The number of anilines is 1. The smallest absolute Gasteiger partial charge is 0.261 e. The van der Waals surface area contributed by atoms with Gasteiger partial charge in [-0.3, -0.25) is 14.6 Å². The lowest BCUT2D eigenvalue weighted by Crippen LogP contribution is -2.54. The van der Waals surface area contributed by atoms with Gasteiger partial charge in [-0.25, -0.2) is 18.7 Å². The number of rotatable bonds is 7. The summed E-state index contributed by atoms with van der Waals surface area (Å²) in [4.78, 5) is 25.7. The summed E-state index contributed by atoms with van der Waals surface area (Å²) in [6.45, 7) is 4.73. The molecule has 3 heterocycles. The molecule has 1 N–H and O–H groups in total. The summed E-state index contributed by atoms with van der Waals surface area (Å²) in [5.41, 5.74) is 2.00. The Morgan fingerprint density at radius 2 is 1.85 bits per heavy atom. The van der Waals surface area contributed by atoms with Crippen molar-refractivity contribution in [2.24, 2.45) is 5.92 Å². The van der Waals surface area contributed by atoms with Gasteiger partial charge >= 0.3 is 0 Å². The third-order valence-corrected chi connectivity index (χ3v) is 7.64. The van der Waals surface area contributed by atoms with Gasteiger partial charge in [0.25, 0.3) is 5.92 Å². The van der Waals surface area contributed by atoms with Crippen LogP contribution >= 0.6 is 0 Å². The average molecular weight is 458 g/mol. The van der Waals surface area contributed by atoms with E-state index in [9.17, 15) is 13.6 Å². The van der Waals surface area contributed by atoms with Crippen molar-refractivity contribution in [3.8, 4) is 0 Å². The Hall–Kier alpha value is -2.19. The molecule has 33 heavy (non-hydrogen) atoms. The minimum absolute atomic E-state index is 0.0106. The van der Waals surface area contributed by atoms with E-state index < -0.39 is 5.92 Å². The van der Waals surface area contributed by atoms with Gasteiger partial charge < -0.3 is 5.32 Å². The monoisotopic (exact) mass is 457 g/mol. The van der Waals surface area contributed by atoms with Gasteiger partial charge in [-0.1, -0.05) is 11.6 Å². The molecule has 2 aliphatic heterocycles. The van der Waals surface area contributed by atoms with Crippen molar-refractivity contribution in [1.29, 1.82) is 0 Å². The summed E-state index contributed by atoms with van der Waals surface area (Å²) in [5.74, 6) is -1.17. The summed E-state index contributed by atoms with van der Waals surface area (Å²) in [7, 11) is 0. The normalized spacial score (nSPS) is 26.4. The average Bonchev–Trinajstić information content (AvgIpc) is 3.14. The second-order valence-corrected chi connectivity index (χ2v) is 10.2. The van der Waals surface area contributed by atoms with Crippen molar-refractivity contribution in [3.05, 3.63) is 30.1 Å². The van der Waals surface area contributed by atoms with E-state index in [1.807, 2.05) is 30.0 Å². The highest BCUT2D eigenvalue weighted by atomic mass is 19.3. The molecular weight excluding hydrogens is 424 g/mol. The van der Waals surface area contributed by atoms with E-state index in [2.05, 4.69) is 20.2 Å². The van der Waals surface area contributed by atoms with Crippen molar-refractivity contribution in [1.82, 2.24) is 19.8 Å². The van der Waals surface area contributed by atoms with E-state index in [4.69, 9.17) is 0 Å². The number of carbonyl (C=O) groups is 1. The molecule has 0 atom stereocenters. The second-order valence-electron chi connectivity index (χ2n) is 10.2. The Balaban J connectivity index is 1.03. The molecule has 178 valence electrons. The lowest BCUT2D eigenvalue weighted by Gasteiger charge is -2.47. The van der Waals surface area contributed by atoms with Gasteiger partial charge in [-0.15, -0.1) is 0 Å². The first-order chi connectivity index (χ1) is 15.9. The lowest BCUT2D eigenvalue weighted by molar-refractivity contribution is -0.120. The van der Waals surface area contributed by atoms with Crippen molar-refractivity contribution in [2.45, 2.75) is 63.5 Å². The van der Waals surface area contributed by atoms with Crippen LogP contribution in [0.3, 0.4) is 0 Å². The van der Waals surface area contributed by atoms with E-state index >= 15 is 0 Å². The molecule has 3 fully saturated rings. The number of hydrogen-bond acceptors (Lipinski definition) is 6. The van der Waals surface area contributed by atoms with Crippen LogP contribution in [0, 0.1) is 12.8 Å². The van der Waals surface area contributed by atoms with Crippen LogP contribution in [0.15, 0.2) is 24.5 Å². The minimum atomic E-state index is -2.50. The Bertz CT molecular complexity index is 1000. The zero-order chi connectivity index (χ0) is 23.0. The van der Waals surface area contributed by atoms with E-state index in [1.54, 1.807) is 0 Å². The fourth-order valence-electron chi connectivity index (χ4n) is 5.79. The molecule has 0 amide bonds. The largest absolute Gasteiger partial charge is 0.362 e. The van der Waals surface area contributed by atoms with Crippen LogP contribution in [-0.2, 0) is 4.79 Å².